The first-order valence-electron chi connectivity index (χ1n) is 5.04. The van der Waals surface area contributed by atoms with Crippen LogP contribution in [-0.2, 0) is 29.6 Å². The monoisotopic (exact) mass is 302 g/mol. The summed E-state index contributed by atoms with van der Waals surface area (Å²) in [6.07, 6.45) is 0.947. The van der Waals surface area contributed by atoms with Crippen molar-refractivity contribution < 1.29 is 26.4 Å². The van der Waals surface area contributed by atoms with Gasteiger partial charge in [-0.05, 0) is 0 Å². The van der Waals surface area contributed by atoms with Gasteiger partial charge in [0.1, 0.15) is 9.84 Å². The zero-order chi connectivity index (χ0) is 14.4. The van der Waals surface area contributed by atoms with Crippen LogP contribution in [0, 0.1) is 0 Å². The van der Waals surface area contributed by atoms with Crippen molar-refractivity contribution in [3.05, 3.63) is 0 Å². The second-order valence-corrected chi connectivity index (χ2v) is 7.80. The molecule has 0 amide bonds. The highest BCUT2D eigenvalue weighted by atomic mass is 32.2. The molecule has 0 saturated carbocycles. The Morgan fingerprint density at radius 2 is 1.83 bits per heavy atom. The standard InChI is InChI=1S/C8H18N2O6S2/c1-10(6-4-8(11)16-2)18(14,15)9-5-7-17(3,12)13/h9H,4-7H2,1-3H3. The van der Waals surface area contributed by atoms with E-state index in [-0.39, 0.29) is 25.3 Å². The molecule has 108 valence electrons. The number of hydrogen-bond acceptors (Lipinski definition) is 6. The minimum atomic E-state index is -3.78. The van der Waals surface area contributed by atoms with Crippen LogP contribution in [0.15, 0.2) is 0 Å². The fraction of sp³-hybridized carbons (Fsp3) is 0.875. The normalized spacial score (nSPS) is 12.7. The van der Waals surface area contributed by atoms with Gasteiger partial charge in [-0.1, -0.05) is 0 Å². The summed E-state index contributed by atoms with van der Waals surface area (Å²) >= 11 is 0. The quantitative estimate of drug-likeness (QED) is 0.539. The molecule has 0 bridgehead atoms. The number of carbonyl (C=O) groups excluding carboxylic acids is 1. The largest absolute Gasteiger partial charge is 0.469 e. The second kappa shape index (κ2) is 7.02. The first-order chi connectivity index (χ1) is 8.08. The van der Waals surface area contributed by atoms with E-state index in [4.69, 9.17) is 0 Å². The third-order valence-electron chi connectivity index (χ3n) is 2.03. The molecule has 0 aliphatic rings. The molecule has 0 saturated heterocycles. The van der Waals surface area contributed by atoms with Crippen LogP contribution in [0.1, 0.15) is 6.42 Å². The van der Waals surface area contributed by atoms with Crippen molar-refractivity contribution in [3.63, 3.8) is 0 Å². The minimum Gasteiger partial charge on any atom is -0.469 e. The number of nitrogens with zero attached hydrogens (tertiary/aromatic N) is 1. The molecule has 0 aromatic carbocycles. The molecule has 0 heterocycles. The molecule has 8 nitrogen and oxygen atoms in total. The fourth-order valence-corrected chi connectivity index (χ4v) is 2.45. The van der Waals surface area contributed by atoms with Gasteiger partial charge in [-0.25, -0.2) is 13.1 Å². The van der Waals surface area contributed by atoms with E-state index in [1.165, 1.54) is 14.2 Å². The van der Waals surface area contributed by atoms with Crippen LogP contribution < -0.4 is 4.72 Å². The second-order valence-electron chi connectivity index (χ2n) is 3.68. The number of hydrogen-bond donors (Lipinski definition) is 1. The van der Waals surface area contributed by atoms with Gasteiger partial charge in [0, 0.05) is 26.4 Å². The summed E-state index contributed by atoms with van der Waals surface area (Å²) in [5.41, 5.74) is 0. The van der Waals surface area contributed by atoms with Crippen LogP contribution in [0.2, 0.25) is 0 Å². The number of rotatable bonds is 8. The van der Waals surface area contributed by atoms with Gasteiger partial charge >= 0.3 is 5.97 Å². The molecule has 0 unspecified atom stereocenters. The highest BCUT2D eigenvalue weighted by Gasteiger charge is 2.18. The third kappa shape index (κ3) is 7.58. The van der Waals surface area contributed by atoms with E-state index in [0.717, 1.165) is 10.6 Å². The Morgan fingerprint density at radius 3 is 2.28 bits per heavy atom. The highest BCUT2D eigenvalue weighted by molar-refractivity contribution is 7.90. The fourth-order valence-electron chi connectivity index (χ4n) is 0.937. The van der Waals surface area contributed by atoms with Crippen molar-refractivity contribution in [3.8, 4) is 0 Å². The molecule has 18 heavy (non-hydrogen) atoms. The lowest BCUT2D eigenvalue weighted by Gasteiger charge is -2.16. The average Bonchev–Trinajstić information content (AvgIpc) is 2.22. The Kier molecular flexibility index (Phi) is 6.74. The van der Waals surface area contributed by atoms with Gasteiger partial charge in [0.2, 0.25) is 0 Å². The van der Waals surface area contributed by atoms with Gasteiger partial charge < -0.3 is 4.74 Å². The molecule has 0 spiro atoms. The molecule has 0 aromatic rings. The maximum Gasteiger partial charge on any atom is 0.306 e. The number of ether oxygens (including phenoxy) is 1. The molecular weight excluding hydrogens is 284 g/mol. The summed E-state index contributed by atoms with van der Waals surface area (Å²) in [6.45, 7) is -0.245. The van der Waals surface area contributed by atoms with E-state index < -0.39 is 26.0 Å². The SMILES string of the molecule is COC(=O)CCN(C)S(=O)(=O)NCCS(C)(=O)=O. The number of sulfone groups is 1. The third-order valence-corrected chi connectivity index (χ3v) is 4.54. The van der Waals surface area contributed by atoms with E-state index >= 15 is 0 Å². The molecule has 0 aliphatic carbocycles. The average molecular weight is 302 g/mol. The minimum absolute atomic E-state index is 0.0408. The molecule has 0 rings (SSSR count). The lowest BCUT2D eigenvalue weighted by molar-refractivity contribution is -0.140. The molecule has 0 fully saturated rings. The molecular formula is C8H18N2O6S2. The van der Waals surface area contributed by atoms with Crippen LogP contribution >= 0.6 is 0 Å². The van der Waals surface area contributed by atoms with Crippen LogP contribution in [-0.4, -0.2) is 66.4 Å². The lowest BCUT2D eigenvalue weighted by Crippen LogP contribution is -2.41. The molecule has 0 atom stereocenters. The summed E-state index contributed by atoms with van der Waals surface area (Å²) in [6, 6.07) is 0. The maximum atomic E-state index is 11.6. The Hall–Kier alpha value is -0.710. The Bertz CT molecular complexity index is 470. The Labute approximate surface area is 107 Å². The van der Waals surface area contributed by atoms with E-state index in [9.17, 15) is 21.6 Å². The van der Waals surface area contributed by atoms with Gasteiger partial charge in [0.25, 0.3) is 10.2 Å². The van der Waals surface area contributed by atoms with Crippen LogP contribution in [0.3, 0.4) is 0 Å². The van der Waals surface area contributed by atoms with Gasteiger partial charge in [-0.15, -0.1) is 0 Å². The van der Waals surface area contributed by atoms with Crippen molar-refractivity contribution in [1.29, 1.82) is 0 Å². The Morgan fingerprint density at radius 1 is 1.28 bits per heavy atom. The van der Waals surface area contributed by atoms with Gasteiger partial charge in [-0.2, -0.15) is 12.7 Å². The number of nitrogens with one attached hydrogen (secondary N) is 1. The zero-order valence-electron chi connectivity index (χ0n) is 10.5. The number of esters is 1. The van der Waals surface area contributed by atoms with E-state index in [2.05, 4.69) is 9.46 Å². The van der Waals surface area contributed by atoms with Crippen molar-refractivity contribution >= 4 is 26.0 Å². The van der Waals surface area contributed by atoms with Crippen molar-refractivity contribution in [2.75, 3.05) is 39.3 Å². The van der Waals surface area contributed by atoms with E-state index in [0.29, 0.717) is 0 Å². The van der Waals surface area contributed by atoms with Crippen LogP contribution in [0.5, 0.6) is 0 Å². The summed E-state index contributed by atoms with van der Waals surface area (Å²) in [4.78, 5) is 10.8. The first kappa shape index (κ1) is 17.3. The van der Waals surface area contributed by atoms with Crippen molar-refractivity contribution in [1.82, 2.24) is 9.03 Å². The smallest absolute Gasteiger partial charge is 0.306 e. The number of carbonyl (C=O) groups is 1. The van der Waals surface area contributed by atoms with Crippen molar-refractivity contribution in [2.45, 2.75) is 6.42 Å². The lowest BCUT2D eigenvalue weighted by atomic mass is 10.4. The highest BCUT2D eigenvalue weighted by Crippen LogP contribution is 1.97. The van der Waals surface area contributed by atoms with Gasteiger partial charge in [-0.3, -0.25) is 4.79 Å². The molecule has 1 N–H and O–H groups in total. The zero-order valence-corrected chi connectivity index (χ0v) is 12.2. The van der Waals surface area contributed by atoms with Crippen molar-refractivity contribution in [2.24, 2.45) is 0 Å². The number of methoxy groups -OCH3 is 1. The topological polar surface area (TPSA) is 110 Å². The summed E-state index contributed by atoms with van der Waals surface area (Å²) < 4.78 is 52.3. The first-order valence-corrected chi connectivity index (χ1v) is 8.54. The van der Waals surface area contributed by atoms with E-state index in [1.807, 2.05) is 0 Å². The van der Waals surface area contributed by atoms with Gasteiger partial charge in [0.15, 0.2) is 0 Å². The predicted molar refractivity (Wildman–Crippen MR) is 65.9 cm³/mol. The maximum absolute atomic E-state index is 11.6. The molecule has 0 radical (unpaired) electrons. The molecule has 0 aliphatic heterocycles. The molecule has 10 heteroatoms. The van der Waals surface area contributed by atoms with Crippen LogP contribution in [0.25, 0.3) is 0 Å². The Balaban J connectivity index is 4.24. The van der Waals surface area contributed by atoms with Gasteiger partial charge in [0.05, 0.1) is 19.3 Å². The predicted octanol–water partition coefficient (Wildman–Crippen LogP) is -1.64. The van der Waals surface area contributed by atoms with E-state index in [1.54, 1.807) is 0 Å². The van der Waals surface area contributed by atoms with Crippen LogP contribution in [0.4, 0.5) is 0 Å². The molecule has 0 aromatic heterocycles. The summed E-state index contributed by atoms with van der Waals surface area (Å²) in [5, 5.41) is 0. The summed E-state index contributed by atoms with van der Waals surface area (Å²) in [5.74, 6) is -0.801. The summed E-state index contributed by atoms with van der Waals surface area (Å²) in [7, 11) is -4.50.